The number of rotatable bonds is 1. The summed E-state index contributed by atoms with van der Waals surface area (Å²) in [6, 6.07) is 10.3. The zero-order valence-corrected chi connectivity index (χ0v) is 11.7. The molecule has 0 spiro atoms. The highest BCUT2D eigenvalue weighted by Crippen LogP contribution is 2.35. The van der Waals surface area contributed by atoms with Crippen molar-refractivity contribution in [2.45, 2.75) is 6.10 Å². The average Bonchev–Trinajstić information content (AvgIpc) is 2.42. The van der Waals surface area contributed by atoms with E-state index < -0.39 is 12.0 Å². The van der Waals surface area contributed by atoms with Crippen LogP contribution in [0, 0.1) is 22.7 Å². The number of para-hydroxylation sites is 1. The van der Waals surface area contributed by atoms with Gasteiger partial charge < -0.3 is 15.9 Å². The fourth-order valence-electron chi connectivity index (χ4n) is 1.87. The molecular formula is C13H9BrN4O2. The molecule has 4 N–H and O–H groups in total. The highest BCUT2D eigenvalue weighted by Gasteiger charge is 2.34. The van der Waals surface area contributed by atoms with Crippen molar-refractivity contribution in [1.82, 2.24) is 0 Å². The van der Waals surface area contributed by atoms with E-state index in [2.05, 4.69) is 15.9 Å². The molecule has 1 aliphatic rings. The Labute approximate surface area is 123 Å². The lowest BCUT2D eigenvalue weighted by Gasteiger charge is -2.31. The molecule has 2 rings (SSSR count). The van der Waals surface area contributed by atoms with Crippen LogP contribution in [0.1, 0.15) is 0 Å². The first kappa shape index (κ1) is 13.9. The first-order valence-corrected chi connectivity index (χ1v) is 6.28. The molecule has 1 heterocycles. The molecule has 1 atom stereocenters. The van der Waals surface area contributed by atoms with Crippen LogP contribution in [-0.4, -0.2) is 16.3 Å². The lowest BCUT2D eigenvalue weighted by atomic mass is 9.99. The molecular weight excluding hydrogens is 324 g/mol. The minimum Gasteiger partial charge on any atom is -0.493 e. The van der Waals surface area contributed by atoms with Gasteiger partial charge in [-0.15, -0.1) is 0 Å². The second-order valence-electron chi connectivity index (χ2n) is 3.95. The Hall–Kier alpha value is -2.48. The monoisotopic (exact) mass is 332 g/mol. The summed E-state index contributed by atoms with van der Waals surface area (Å²) in [5, 5.41) is 38.1. The maximum absolute atomic E-state index is 10.1. The minimum absolute atomic E-state index is 0.122. The van der Waals surface area contributed by atoms with Crippen molar-refractivity contribution in [2.24, 2.45) is 5.73 Å². The largest absolute Gasteiger partial charge is 0.493 e. The molecule has 0 bridgehead atoms. The Morgan fingerprint density at radius 1 is 1.20 bits per heavy atom. The van der Waals surface area contributed by atoms with Crippen LogP contribution in [0.5, 0.6) is 0 Å². The van der Waals surface area contributed by atoms with Gasteiger partial charge in [-0.25, -0.2) is 0 Å². The van der Waals surface area contributed by atoms with E-state index in [1.54, 1.807) is 36.4 Å². The number of hydrogen-bond acceptors (Lipinski definition) is 6. The maximum atomic E-state index is 10.1. The Kier molecular flexibility index (Phi) is 3.66. The van der Waals surface area contributed by atoms with E-state index in [1.165, 1.54) is 0 Å². The van der Waals surface area contributed by atoms with Gasteiger partial charge in [0.15, 0.2) is 0 Å². The molecule has 0 aliphatic carbocycles. The molecule has 0 saturated carbocycles. The van der Waals surface area contributed by atoms with Crippen molar-refractivity contribution in [3.63, 3.8) is 0 Å². The van der Waals surface area contributed by atoms with Gasteiger partial charge in [0.2, 0.25) is 5.88 Å². The van der Waals surface area contributed by atoms with E-state index >= 15 is 0 Å². The van der Waals surface area contributed by atoms with Crippen LogP contribution in [0.4, 0.5) is 5.69 Å². The third-order valence-electron chi connectivity index (χ3n) is 2.85. The smallest absolute Gasteiger partial charge is 0.214 e. The highest BCUT2D eigenvalue weighted by molar-refractivity contribution is 9.10. The molecule has 7 heteroatoms. The van der Waals surface area contributed by atoms with Crippen molar-refractivity contribution in [1.29, 1.82) is 10.5 Å². The average molecular weight is 333 g/mol. The number of benzene rings is 1. The molecule has 6 nitrogen and oxygen atoms in total. The van der Waals surface area contributed by atoms with Crippen LogP contribution in [-0.2, 0) is 0 Å². The summed E-state index contributed by atoms with van der Waals surface area (Å²) in [6.45, 7) is 0. The van der Waals surface area contributed by atoms with Gasteiger partial charge in [-0.3, -0.25) is 4.90 Å². The molecule has 0 saturated heterocycles. The van der Waals surface area contributed by atoms with Crippen LogP contribution >= 0.6 is 15.9 Å². The summed E-state index contributed by atoms with van der Waals surface area (Å²) in [4.78, 5) is 1.15. The van der Waals surface area contributed by atoms with Crippen LogP contribution in [0.25, 0.3) is 0 Å². The number of hydrogen-bond donors (Lipinski definition) is 3. The lowest BCUT2D eigenvalue weighted by Crippen LogP contribution is -2.37. The van der Waals surface area contributed by atoms with E-state index in [0.717, 1.165) is 4.90 Å². The minimum atomic E-state index is -1.52. The Balaban J connectivity index is 2.71. The lowest BCUT2D eigenvalue weighted by molar-refractivity contribution is 0.238. The molecule has 0 radical (unpaired) electrons. The number of anilines is 1. The van der Waals surface area contributed by atoms with E-state index in [4.69, 9.17) is 16.3 Å². The number of aliphatic hydroxyl groups excluding tert-OH is 2. The summed E-state index contributed by atoms with van der Waals surface area (Å²) in [7, 11) is 0. The molecule has 1 aromatic carbocycles. The van der Waals surface area contributed by atoms with Gasteiger partial charge in [-0.2, -0.15) is 10.5 Å². The van der Waals surface area contributed by atoms with Crippen molar-refractivity contribution < 1.29 is 10.2 Å². The molecule has 1 aliphatic heterocycles. The standard InChI is InChI=1S/C13H9BrN4O2/c14-9-3-1-2-4-10(9)18-12(17)7(5-15)11(19)8(6-16)13(18)20/h1-4,11,19-20H,17H2/t11-/m1/s1. The second kappa shape index (κ2) is 5.25. The maximum Gasteiger partial charge on any atom is 0.214 e. The third-order valence-corrected chi connectivity index (χ3v) is 3.52. The van der Waals surface area contributed by atoms with Gasteiger partial charge in [0.05, 0.1) is 5.69 Å². The summed E-state index contributed by atoms with van der Waals surface area (Å²) in [6.07, 6.45) is -1.52. The molecule has 1 aromatic rings. The van der Waals surface area contributed by atoms with Gasteiger partial charge in [0.25, 0.3) is 0 Å². The fourth-order valence-corrected chi connectivity index (χ4v) is 2.33. The molecule has 0 fully saturated rings. The van der Waals surface area contributed by atoms with Crippen molar-refractivity contribution in [3.8, 4) is 12.1 Å². The summed E-state index contributed by atoms with van der Waals surface area (Å²) in [5.41, 5.74) is 5.77. The quantitative estimate of drug-likeness (QED) is 0.719. The Bertz CT molecular complexity index is 674. The molecule has 0 amide bonds. The van der Waals surface area contributed by atoms with Gasteiger partial charge in [-0.05, 0) is 28.1 Å². The van der Waals surface area contributed by atoms with Crippen molar-refractivity contribution in [3.05, 3.63) is 51.6 Å². The topological polar surface area (TPSA) is 117 Å². The zero-order valence-electron chi connectivity index (χ0n) is 10.1. The Morgan fingerprint density at radius 3 is 2.35 bits per heavy atom. The van der Waals surface area contributed by atoms with Crippen LogP contribution in [0.2, 0.25) is 0 Å². The molecule has 20 heavy (non-hydrogen) atoms. The zero-order chi connectivity index (χ0) is 14.9. The van der Waals surface area contributed by atoms with Crippen molar-refractivity contribution in [2.75, 3.05) is 4.90 Å². The van der Waals surface area contributed by atoms with E-state index in [0.29, 0.717) is 10.2 Å². The first-order chi connectivity index (χ1) is 9.52. The second-order valence-corrected chi connectivity index (χ2v) is 4.80. The number of nitrogens with two attached hydrogens (primary N) is 1. The predicted octanol–water partition coefficient (Wildman–Crippen LogP) is 1.62. The van der Waals surface area contributed by atoms with Crippen LogP contribution in [0.15, 0.2) is 51.6 Å². The molecule has 0 aromatic heterocycles. The number of nitrogens with zero attached hydrogens (tertiary/aromatic N) is 3. The Morgan fingerprint density at radius 2 is 1.80 bits per heavy atom. The van der Waals surface area contributed by atoms with Gasteiger partial charge >= 0.3 is 0 Å². The van der Waals surface area contributed by atoms with E-state index in [9.17, 15) is 10.2 Å². The predicted molar refractivity (Wildman–Crippen MR) is 74.7 cm³/mol. The van der Waals surface area contributed by atoms with Gasteiger partial charge in [0, 0.05) is 4.47 Å². The normalized spacial score (nSPS) is 18.8. The molecule has 100 valence electrons. The number of aliphatic hydroxyl groups is 2. The summed E-state index contributed by atoms with van der Waals surface area (Å²) < 4.78 is 0.612. The van der Waals surface area contributed by atoms with E-state index in [-0.39, 0.29) is 17.0 Å². The summed E-state index contributed by atoms with van der Waals surface area (Å²) in [5.74, 6) is -0.619. The third kappa shape index (κ3) is 1.99. The summed E-state index contributed by atoms with van der Waals surface area (Å²) >= 11 is 3.30. The first-order valence-electron chi connectivity index (χ1n) is 5.48. The number of nitriles is 2. The highest BCUT2D eigenvalue weighted by atomic mass is 79.9. The SMILES string of the molecule is N#CC1=C(N)N(c2ccccc2Br)C(O)=C(C#N)[C@@H]1O. The van der Waals surface area contributed by atoms with E-state index in [1.807, 2.05) is 0 Å². The fraction of sp³-hybridized carbons (Fsp3) is 0.0769. The van der Waals surface area contributed by atoms with Gasteiger partial charge in [-0.1, -0.05) is 12.1 Å². The van der Waals surface area contributed by atoms with Crippen LogP contribution < -0.4 is 10.6 Å². The molecule has 0 unspecified atom stereocenters. The van der Waals surface area contributed by atoms with Crippen LogP contribution in [0.3, 0.4) is 0 Å². The van der Waals surface area contributed by atoms with Gasteiger partial charge in [0.1, 0.15) is 35.2 Å². The van der Waals surface area contributed by atoms with Crippen molar-refractivity contribution >= 4 is 21.6 Å². The number of halogens is 1.